The first kappa shape index (κ1) is 24.2. The fourth-order valence-corrected chi connectivity index (χ4v) is 2.98. The molecule has 2 aromatic rings. The lowest BCUT2D eigenvalue weighted by atomic mass is 10.1. The predicted octanol–water partition coefficient (Wildman–Crippen LogP) is 3.28. The van der Waals surface area contributed by atoms with E-state index in [1.54, 1.807) is 7.05 Å². The number of nitrogens with one attached hydrogen (secondary N) is 3. The van der Waals surface area contributed by atoms with Gasteiger partial charge in [-0.3, -0.25) is 9.79 Å². The second kappa shape index (κ2) is 13.3. The fraction of sp³-hybridized carbons (Fsp3) is 0.417. The van der Waals surface area contributed by atoms with Gasteiger partial charge in [0.25, 0.3) is 0 Å². The van der Waals surface area contributed by atoms with Crippen molar-refractivity contribution >= 4 is 17.6 Å². The molecule has 1 amide bonds. The van der Waals surface area contributed by atoms with Gasteiger partial charge in [-0.2, -0.15) is 0 Å². The monoisotopic (exact) mass is 426 g/mol. The number of amides is 1. The zero-order valence-corrected chi connectivity index (χ0v) is 19.0. The van der Waals surface area contributed by atoms with Gasteiger partial charge < -0.3 is 25.4 Å². The Morgan fingerprint density at radius 3 is 2.52 bits per heavy atom. The maximum atomic E-state index is 11.1. The predicted molar refractivity (Wildman–Crippen MR) is 126 cm³/mol. The van der Waals surface area contributed by atoms with Crippen molar-refractivity contribution in [1.29, 1.82) is 0 Å². The zero-order chi connectivity index (χ0) is 22.5. The molecule has 0 spiro atoms. The molecule has 168 valence electrons. The molecule has 0 radical (unpaired) electrons. The van der Waals surface area contributed by atoms with E-state index in [-0.39, 0.29) is 5.91 Å². The first-order valence-corrected chi connectivity index (χ1v) is 10.6. The van der Waals surface area contributed by atoms with Crippen LogP contribution < -0.4 is 20.7 Å². The third kappa shape index (κ3) is 9.09. The van der Waals surface area contributed by atoms with Crippen molar-refractivity contribution in [2.45, 2.75) is 33.7 Å². The number of hydrogen-bond donors (Lipinski definition) is 3. The van der Waals surface area contributed by atoms with Gasteiger partial charge in [-0.05, 0) is 49.6 Å². The van der Waals surface area contributed by atoms with Crippen molar-refractivity contribution in [3.8, 4) is 5.75 Å². The third-order valence-corrected chi connectivity index (χ3v) is 4.56. The van der Waals surface area contributed by atoms with Gasteiger partial charge in [-0.1, -0.05) is 24.3 Å². The molecule has 0 aliphatic rings. The Kier molecular flexibility index (Phi) is 10.4. The van der Waals surface area contributed by atoms with Crippen molar-refractivity contribution in [2.24, 2.45) is 4.99 Å². The molecule has 0 saturated heterocycles. The van der Waals surface area contributed by atoms with Gasteiger partial charge in [0.1, 0.15) is 12.4 Å². The summed E-state index contributed by atoms with van der Waals surface area (Å²) in [4.78, 5) is 15.4. The molecule has 0 fully saturated rings. The summed E-state index contributed by atoms with van der Waals surface area (Å²) in [6.07, 6.45) is 0.845. The van der Waals surface area contributed by atoms with Crippen LogP contribution in [0.5, 0.6) is 5.75 Å². The van der Waals surface area contributed by atoms with Crippen LogP contribution in [-0.2, 0) is 22.5 Å². The Morgan fingerprint density at radius 1 is 1.06 bits per heavy atom. The van der Waals surface area contributed by atoms with Gasteiger partial charge in [0.15, 0.2) is 5.96 Å². The van der Waals surface area contributed by atoms with Gasteiger partial charge >= 0.3 is 0 Å². The van der Waals surface area contributed by atoms with Crippen LogP contribution in [0.25, 0.3) is 0 Å². The molecule has 0 saturated carbocycles. The van der Waals surface area contributed by atoms with Crippen molar-refractivity contribution in [2.75, 3.05) is 38.7 Å². The number of nitrogens with zero attached hydrogens (tertiary/aromatic N) is 1. The number of aryl methyl sites for hydroxylation is 1. The number of hydrogen-bond acceptors (Lipinski definition) is 4. The van der Waals surface area contributed by atoms with E-state index in [1.165, 1.54) is 12.5 Å². The highest BCUT2D eigenvalue weighted by atomic mass is 16.5. The van der Waals surface area contributed by atoms with Crippen LogP contribution in [0.3, 0.4) is 0 Å². The second-order valence-electron chi connectivity index (χ2n) is 7.14. The number of aliphatic imine (C=N–C) groups is 1. The van der Waals surface area contributed by atoms with E-state index in [2.05, 4.69) is 40.0 Å². The van der Waals surface area contributed by atoms with Crippen LogP contribution in [-0.4, -0.2) is 45.3 Å². The Bertz CT molecular complexity index is 850. The summed E-state index contributed by atoms with van der Waals surface area (Å²) in [6.45, 7) is 8.66. The molecule has 7 nitrogen and oxygen atoms in total. The highest BCUT2D eigenvalue weighted by Gasteiger charge is 2.06. The Hall–Kier alpha value is -3.06. The maximum absolute atomic E-state index is 11.1. The molecule has 2 aromatic carbocycles. The van der Waals surface area contributed by atoms with Crippen molar-refractivity contribution in [3.05, 3.63) is 59.2 Å². The topological polar surface area (TPSA) is 84.0 Å². The standard InChI is InChI=1S/C24H34N4O3/c1-5-30-14-15-31-23-16-18(2)6-9-21(23)17-27-24(25-4)26-13-12-20-7-10-22(11-8-20)28-19(3)29/h6-11,16H,5,12-15,17H2,1-4H3,(H,28,29)(H2,25,26,27). The molecule has 0 atom stereocenters. The Labute approximate surface area is 185 Å². The molecule has 7 heteroatoms. The summed E-state index contributed by atoms with van der Waals surface area (Å²) in [5.74, 6) is 1.53. The van der Waals surface area contributed by atoms with Crippen LogP contribution >= 0.6 is 0 Å². The largest absolute Gasteiger partial charge is 0.491 e. The number of carbonyl (C=O) groups excluding carboxylic acids is 1. The molecule has 0 heterocycles. The fourth-order valence-electron chi connectivity index (χ4n) is 2.98. The summed E-state index contributed by atoms with van der Waals surface area (Å²) in [6, 6.07) is 14.0. The normalized spacial score (nSPS) is 11.2. The van der Waals surface area contributed by atoms with Gasteiger partial charge in [0.05, 0.1) is 6.61 Å². The molecule has 0 aromatic heterocycles. The van der Waals surface area contributed by atoms with Crippen molar-refractivity contribution in [1.82, 2.24) is 10.6 Å². The summed E-state index contributed by atoms with van der Waals surface area (Å²) < 4.78 is 11.3. The molecule has 0 bridgehead atoms. The van der Waals surface area contributed by atoms with Crippen LogP contribution in [0.1, 0.15) is 30.5 Å². The lowest BCUT2D eigenvalue weighted by molar-refractivity contribution is -0.114. The van der Waals surface area contributed by atoms with E-state index < -0.39 is 0 Å². The molecular formula is C24H34N4O3. The van der Waals surface area contributed by atoms with Gasteiger partial charge in [0, 0.05) is 44.9 Å². The van der Waals surface area contributed by atoms with Gasteiger partial charge in [0.2, 0.25) is 5.91 Å². The molecule has 0 aliphatic heterocycles. The molecule has 0 aliphatic carbocycles. The van der Waals surface area contributed by atoms with Crippen LogP contribution in [0, 0.1) is 6.92 Å². The lowest BCUT2D eigenvalue weighted by Gasteiger charge is -2.15. The van der Waals surface area contributed by atoms with E-state index in [9.17, 15) is 4.79 Å². The van der Waals surface area contributed by atoms with E-state index in [4.69, 9.17) is 9.47 Å². The third-order valence-electron chi connectivity index (χ3n) is 4.56. The minimum atomic E-state index is -0.0688. The Morgan fingerprint density at radius 2 is 1.84 bits per heavy atom. The summed E-state index contributed by atoms with van der Waals surface area (Å²) in [5.41, 5.74) is 4.21. The minimum absolute atomic E-state index is 0.0688. The molecule has 0 unspecified atom stereocenters. The summed E-state index contributed by atoms with van der Waals surface area (Å²) in [7, 11) is 1.76. The number of benzene rings is 2. The Balaban J connectivity index is 1.82. The van der Waals surface area contributed by atoms with E-state index in [1.807, 2.05) is 37.3 Å². The number of ether oxygens (including phenoxy) is 2. The average molecular weight is 427 g/mol. The highest BCUT2D eigenvalue weighted by Crippen LogP contribution is 2.20. The minimum Gasteiger partial charge on any atom is -0.491 e. The summed E-state index contributed by atoms with van der Waals surface area (Å²) >= 11 is 0. The number of anilines is 1. The molecule has 2 rings (SSSR count). The molecule has 3 N–H and O–H groups in total. The van der Waals surface area contributed by atoms with E-state index in [0.29, 0.717) is 26.4 Å². The van der Waals surface area contributed by atoms with Crippen LogP contribution in [0.15, 0.2) is 47.5 Å². The SMILES string of the molecule is CCOCCOc1cc(C)ccc1CNC(=NC)NCCc1ccc(NC(C)=O)cc1. The maximum Gasteiger partial charge on any atom is 0.221 e. The number of rotatable bonds is 11. The van der Waals surface area contributed by atoms with E-state index in [0.717, 1.165) is 41.5 Å². The number of carbonyl (C=O) groups is 1. The zero-order valence-electron chi connectivity index (χ0n) is 19.0. The van der Waals surface area contributed by atoms with E-state index >= 15 is 0 Å². The average Bonchev–Trinajstić information content (AvgIpc) is 2.75. The molecular weight excluding hydrogens is 392 g/mol. The molecule has 31 heavy (non-hydrogen) atoms. The summed E-state index contributed by atoms with van der Waals surface area (Å²) in [5, 5.41) is 9.45. The first-order chi connectivity index (χ1) is 15.0. The highest BCUT2D eigenvalue weighted by molar-refractivity contribution is 5.88. The van der Waals surface area contributed by atoms with Gasteiger partial charge in [-0.25, -0.2) is 0 Å². The second-order valence-corrected chi connectivity index (χ2v) is 7.14. The quantitative estimate of drug-likeness (QED) is 0.292. The smallest absolute Gasteiger partial charge is 0.221 e. The lowest BCUT2D eigenvalue weighted by Crippen LogP contribution is -2.37. The van der Waals surface area contributed by atoms with Crippen molar-refractivity contribution < 1.29 is 14.3 Å². The van der Waals surface area contributed by atoms with Gasteiger partial charge in [-0.15, -0.1) is 0 Å². The number of guanidine groups is 1. The van der Waals surface area contributed by atoms with Crippen LogP contribution in [0.2, 0.25) is 0 Å². The van der Waals surface area contributed by atoms with Crippen molar-refractivity contribution in [3.63, 3.8) is 0 Å². The first-order valence-electron chi connectivity index (χ1n) is 10.6. The van der Waals surface area contributed by atoms with Crippen LogP contribution in [0.4, 0.5) is 5.69 Å².